The maximum Gasteiger partial charge on any atom is 0.384 e. The molecule has 12 heavy (non-hydrogen) atoms. The molecule has 5 nitrogen and oxygen atoms in total. The zero-order chi connectivity index (χ0) is 9.94. The van der Waals surface area contributed by atoms with E-state index < -0.39 is 16.4 Å². The lowest BCUT2D eigenvalue weighted by Gasteiger charge is -2.21. The van der Waals surface area contributed by atoms with Crippen molar-refractivity contribution in [2.75, 3.05) is 7.11 Å². The third-order valence-electron chi connectivity index (χ3n) is 2.10. The summed E-state index contributed by atoms with van der Waals surface area (Å²) in [6.45, 7) is 4.49. The zero-order valence-corrected chi connectivity index (χ0v) is 7.66. The molecule has 0 amide bonds. The normalized spacial score (nSPS) is 15.4. The van der Waals surface area contributed by atoms with E-state index in [4.69, 9.17) is 0 Å². The van der Waals surface area contributed by atoms with E-state index in [-0.39, 0.29) is 5.92 Å². The lowest BCUT2D eigenvalue weighted by atomic mass is 9.89. The van der Waals surface area contributed by atoms with Crippen molar-refractivity contribution in [1.29, 1.82) is 0 Å². The fraction of sp³-hybridized carbons (Fsp3) is 0.857. The quantitative estimate of drug-likeness (QED) is 0.362. The number of hydrogen-bond donors (Lipinski definition) is 0. The van der Waals surface area contributed by atoms with Crippen molar-refractivity contribution in [3.8, 4) is 0 Å². The number of carbonyl (C=O) groups excluding carboxylic acids is 1. The van der Waals surface area contributed by atoms with Gasteiger partial charge in [-0.15, -0.1) is 0 Å². The highest BCUT2D eigenvalue weighted by molar-refractivity contribution is 5.78. The smallest absolute Gasteiger partial charge is 0.384 e. The highest BCUT2D eigenvalue weighted by Gasteiger charge is 2.50. The molecule has 0 fully saturated rings. The molecule has 0 radical (unpaired) electrons. The summed E-state index contributed by atoms with van der Waals surface area (Å²) >= 11 is 0. The summed E-state index contributed by atoms with van der Waals surface area (Å²) in [5.74, 6) is -1.19. The van der Waals surface area contributed by atoms with Crippen molar-refractivity contribution >= 4 is 5.97 Å². The molecule has 0 aliphatic heterocycles. The largest absolute Gasteiger partial charge is 0.464 e. The van der Waals surface area contributed by atoms with Gasteiger partial charge in [0.05, 0.1) is 7.11 Å². The molecule has 0 saturated carbocycles. The Morgan fingerprint density at radius 3 is 2.08 bits per heavy atom. The number of nitro groups is 1. The van der Waals surface area contributed by atoms with Crippen LogP contribution in [0.25, 0.3) is 0 Å². The standard InChI is InChI=1S/C7H13NO4/c1-5(2)7(3,8(10)11)6(9)12-4/h5H,1-4H3. The van der Waals surface area contributed by atoms with Gasteiger partial charge in [0.25, 0.3) is 0 Å². The Kier molecular flexibility index (Phi) is 3.18. The average molecular weight is 175 g/mol. The molecule has 0 aliphatic rings. The van der Waals surface area contributed by atoms with Crippen molar-refractivity contribution in [3.05, 3.63) is 10.1 Å². The van der Waals surface area contributed by atoms with Crippen LogP contribution < -0.4 is 0 Å². The first-order chi connectivity index (χ1) is 5.37. The number of ether oxygens (including phenoxy) is 1. The average Bonchev–Trinajstić information content (AvgIpc) is 2.00. The predicted molar refractivity (Wildman–Crippen MR) is 42.3 cm³/mol. The first-order valence-corrected chi connectivity index (χ1v) is 3.60. The van der Waals surface area contributed by atoms with Crippen LogP contribution in [0.1, 0.15) is 20.8 Å². The van der Waals surface area contributed by atoms with E-state index >= 15 is 0 Å². The second-order valence-electron chi connectivity index (χ2n) is 3.05. The molecule has 0 spiro atoms. The van der Waals surface area contributed by atoms with Gasteiger partial charge in [0.1, 0.15) is 0 Å². The Labute approximate surface area is 70.9 Å². The van der Waals surface area contributed by atoms with Crippen molar-refractivity contribution in [2.45, 2.75) is 26.3 Å². The van der Waals surface area contributed by atoms with Gasteiger partial charge in [0.2, 0.25) is 0 Å². The molecule has 5 heteroatoms. The summed E-state index contributed by atoms with van der Waals surface area (Å²) < 4.78 is 4.36. The lowest BCUT2D eigenvalue weighted by molar-refractivity contribution is -0.559. The maximum absolute atomic E-state index is 11.1. The van der Waals surface area contributed by atoms with Crippen LogP contribution in [0.5, 0.6) is 0 Å². The summed E-state index contributed by atoms with van der Waals surface area (Å²) in [6, 6.07) is 0. The van der Waals surface area contributed by atoms with Gasteiger partial charge in [-0.2, -0.15) is 0 Å². The Morgan fingerprint density at radius 2 is 2.00 bits per heavy atom. The van der Waals surface area contributed by atoms with Crippen LogP contribution in [-0.2, 0) is 9.53 Å². The van der Waals surface area contributed by atoms with E-state index in [9.17, 15) is 14.9 Å². The minimum Gasteiger partial charge on any atom is -0.464 e. The maximum atomic E-state index is 11.1. The summed E-state index contributed by atoms with van der Waals surface area (Å²) in [5.41, 5.74) is -1.63. The van der Waals surface area contributed by atoms with Crippen molar-refractivity contribution in [2.24, 2.45) is 5.92 Å². The third-order valence-corrected chi connectivity index (χ3v) is 2.10. The molecule has 70 valence electrons. The molecule has 0 rings (SSSR count). The fourth-order valence-corrected chi connectivity index (χ4v) is 0.728. The first kappa shape index (κ1) is 10.9. The van der Waals surface area contributed by atoms with Crippen LogP contribution in [0.15, 0.2) is 0 Å². The number of carbonyl (C=O) groups is 1. The van der Waals surface area contributed by atoms with Crippen molar-refractivity contribution < 1.29 is 14.5 Å². The number of methoxy groups -OCH3 is 1. The Bertz CT molecular complexity index is 202. The number of hydrogen-bond acceptors (Lipinski definition) is 4. The van der Waals surface area contributed by atoms with E-state index in [1.54, 1.807) is 13.8 Å². The first-order valence-electron chi connectivity index (χ1n) is 3.60. The van der Waals surface area contributed by atoms with Crippen LogP contribution in [0.4, 0.5) is 0 Å². The van der Waals surface area contributed by atoms with Gasteiger partial charge in [-0.3, -0.25) is 10.1 Å². The SMILES string of the molecule is COC(=O)C(C)(C(C)C)[N+](=O)[O-]. The molecule has 0 N–H and O–H groups in total. The summed E-state index contributed by atoms with van der Waals surface area (Å²) in [7, 11) is 1.15. The number of rotatable bonds is 3. The second kappa shape index (κ2) is 3.51. The van der Waals surface area contributed by atoms with Gasteiger partial charge in [0, 0.05) is 17.8 Å². The van der Waals surface area contributed by atoms with E-state index in [0.29, 0.717) is 0 Å². The van der Waals surface area contributed by atoms with Crippen LogP contribution in [0.2, 0.25) is 0 Å². The molecular weight excluding hydrogens is 162 g/mol. The second-order valence-corrected chi connectivity index (χ2v) is 3.05. The zero-order valence-electron chi connectivity index (χ0n) is 7.66. The van der Waals surface area contributed by atoms with E-state index in [1.165, 1.54) is 6.92 Å². The summed E-state index contributed by atoms with van der Waals surface area (Å²) in [4.78, 5) is 21.0. The van der Waals surface area contributed by atoms with Crippen LogP contribution in [0.3, 0.4) is 0 Å². The molecule has 0 aliphatic carbocycles. The van der Waals surface area contributed by atoms with E-state index in [1.807, 2.05) is 0 Å². The minimum atomic E-state index is -1.63. The van der Waals surface area contributed by atoms with Gasteiger partial charge in [-0.25, -0.2) is 4.79 Å². The molecule has 0 saturated heterocycles. The molecule has 0 aromatic carbocycles. The van der Waals surface area contributed by atoms with Crippen LogP contribution in [-0.4, -0.2) is 23.5 Å². The Balaban J connectivity index is 4.87. The van der Waals surface area contributed by atoms with Crippen molar-refractivity contribution in [1.82, 2.24) is 0 Å². The molecule has 0 aromatic heterocycles. The van der Waals surface area contributed by atoms with Gasteiger partial charge in [-0.05, 0) is 0 Å². The number of esters is 1. The van der Waals surface area contributed by atoms with Crippen LogP contribution >= 0.6 is 0 Å². The van der Waals surface area contributed by atoms with Crippen molar-refractivity contribution in [3.63, 3.8) is 0 Å². The topological polar surface area (TPSA) is 69.4 Å². The monoisotopic (exact) mass is 175 g/mol. The fourth-order valence-electron chi connectivity index (χ4n) is 0.728. The van der Waals surface area contributed by atoms with Gasteiger partial charge >= 0.3 is 11.5 Å². The summed E-state index contributed by atoms with van der Waals surface area (Å²) in [6.07, 6.45) is 0. The Hall–Kier alpha value is -1.13. The third kappa shape index (κ3) is 1.54. The molecule has 0 heterocycles. The predicted octanol–water partition coefficient (Wildman–Crippen LogP) is 0.851. The Morgan fingerprint density at radius 1 is 1.58 bits per heavy atom. The number of nitrogens with zero attached hydrogens (tertiary/aromatic N) is 1. The molecular formula is C7H13NO4. The molecule has 0 bridgehead atoms. The van der Waals surface area contributed by atoms with Crippen LogP contribution in [0, 0.1) is 16.0 Å². The highest BCUT2D eigenvalue weighted by atomic mass is 16.6. The molecule has 1 atom stereocenters. The van der Waals surface area contributed by atoms with Gasteiger partial charge in [-0.1, -0.05) is 13.8 Å². The van der Waals surface area contributed by atoms with Gasteiger partial charge < -0.3 is 4.74 Å². The van der Waals surface area contributed by atoms with Gasteiger partial charge in [0.15, 0.2) is 0 Å². The highest BCUT2D eigenvalue weighted by Crippen LogP contribution is 2.21. The lowest BCUT2D eigenvalue weighted by Crippen LogP contribution is -2.48. The summed E-state index contributed by atoms with van der Waals surface area (Å²) in [5, 5.41) is 10.6. The molecule has 0 aromatic rings. The van der Waals surface area contributed by atoms with E-state index in [2.05, 4.69) is 4.74 Å². The molecule has 1 unspecified atom stereocenters. The van der Waals surface area contributed by atoms with E-state index in [0.717, 1.165) is 7.11 Å². The minimum absolute atomic E-state index is 0.389.